The summed E-state index contributed by atoms with van der Waals surface area (Å²) in [6.45, 7) is 18.2. The van der Waals surface area contributed by atoms with E-state index in [1.165, 1.54) is 4.90 Å². The molecule has 154 valence electrons. The van der Waals surface area contributed by atoms with Crippen molar-refractivity contribution in [2.24, 2.45) is 11.8 Å². The van der Waals surface area contributed by atoms with Gasteiger partial charge in [-0.1, -0.05) is 27.7 Å². The van der Waals surface area contributed by atoms with Crippen LogP contribution in [-0.2, 0) is 18.8 Å². The molecule has 7 nitrogen and oxygen atoms in total. The molecule has 8 heteroatoms. The van der Waals surface area contributed by atoms with Crippen LogP contribution in [0.5, 0.6) is 0 Å². The van der Waals surface area contributed by atoms with Crippen LogP contribution in [0.15, 0.2) is 0 Å². The summed E-state index contributed by atoms with van der Waals surface area (Å²) in [5.41, 5.74) is -0.686. The van der Waals surface area contributed by atoms with Gasteiger partial charge in [0, 0.05) is 0 Å². The molecule has 2 rings (SSSR count). The second-order valence-electron chi connectivity index (χ2n) is 9.97. The number of nitrogens with one attached hydrogen (secondary N) is 1. The molecule has 4 atom stereocenters. The van der Waals surface area contributed by atoms with Crippen LogP contribution in [-0.4, -0.2) is 55.4 Å². The Kier molecular flexibility index (Phi) is 5.58. The molecule has 0 spiro atoms. The number of carbonyl (C=O) groups excluding carboxylic acids is 3. The summed E-state index contributed by atoms with van der Waals surface area (Å²) in [6, 6.07) is -0.353. The lowest BCUT2D eigenvalue weighted by Gasteiger charge is -2.47. The van der Waals surface area contributed by atoms with Gasteiger partial charge in [-0.25, -0.2) is 9.69 Å². The quantitative estimate of drug-likeness (QED) is 0.568. The third-order valence-corrected chi connectivity index (χ3v) is 10.8. The van der Waals surface area contributed by atoms with E-state index in [1.54, 1.807) is 20.8 Å². The number of amides is 3. The fourth-order valence-corrected chi connectivity index (χ4v) is 4.86. The van der Waals surface area contributed by atoms with Gasteiger partial charge in [0.2, 0.25) is 11.8 Å². The predicted molar refractivity (Wildman–Crippen MR) is 105 cm³/mol. The van der Waals surface area contributed by atoms with Gasteiger partial charge in [-0.15, -0.1) is 0 Å². The lowest BCUT2D eigenvalue weighted by atomic mass is 9.78. The molecule has 2 aliphatic rings. The van der Waals surface area contributed by atoms with E-state index >= 15 is 0 Å². The Hall–Kier alpha value is -1.41. The fraction of sp³-hybridized carbons (Fsp3) is 0.842. The van der Waals surface area contributed by atoms with Gasteiger partial charge in [-0.05, 0) is 38.9 Å². The molecule has 27 heavy (non-hydrogen) atoms. The van der Waals surface area contributed by atoms with Crippen LogP contribution < -0.4 is 5.32 Å². The molecule has 1 N–H and O–H groups in total. The van der Waals surface area contributed by atoms with Crippen LogP contribution >= 0.6 is 0 Å². The van der Waals surface area contributed by atoms with E-state index in [0.717, 1.165) is 0 Å². The molecule has 2 aliphatic heterocycles. The molecule has 0 aromatic heterocycles. The smallest absolute Gasteiger partial charge is 0.417 e. The average molecular weight is 399 g/mol. The van der Waals surface area contributed by atoms with Gasteiger partial charge in [-0.2, -0.15) is 0 Å². The first-order valence-electron chi connectivity index (χ1n) is 9.59. The topological polar surface area (TPSA) is 84.9 Å². The Balaban J connectivity index is 2.13. The Morgan fingerprint density at radius 2 is 1.85 bits per heavy atom. The first-order valence-corrected chi connectivity index (χ1v) is 12.5. The van der Waals surface area contributed by atoms with Gasteiger partial charge in [0.15, 0.2) is 8.32 Å². The number of hydrogen-bond acceptors (Lipinski definition) is 5. The SMILES string of the molecule is C[C@H](O[Si](C)(C)C(C)(C)C)[C@H]1C(=O)N[C@H]1[C@H](C)C(=O)N1C(=O)OCC1(C)C. The maximum absolute atomic E-state index is 13.0. The van der Waals surface area contributed by atoms with Crippen molar-refractivity contribution >= 4 is 26.2 Å². The standard InChI is InChI=1S/C19H34N2O5Si/c1-11(16(23)21-17(24)25-10-19(21,6)7)14-13(15(22)20-14)12(2)26-27(8,9)18(3,4)5/h11-14H,10H2,1-9H3,(H,20,22)/t11-,12-,13+,14-/m0/s1. The van der Waals surface area contributed by atoms with Crippen LogP contribution in [0.2, 0.25) is 18.1 Å². The van der Waals surface area contributed by atoms with Crippen molar-refractivity contribution in [3.8, 4) is 0 Å². The van der Waals surface area contributed by atoms with E-state index in [-0.39, 0.29) is 35.6 Å². The Morgan fingerprint density at radius 3 is 2.26 bits per heavy atom. The number of cyclic esters (lactones) is 1. The van der Waals surface area contributed by atoms with Crippen molar-refractivity contribution in [1.29, 1.82) is 0 Å². The zero-order valence-electron chi connectivity index (χ0n) is 18.0. The molecule has 0 aromatic carbocycles. The maximum Gasteiger partial charge on any atom is 0.417 e. The molecule has 0 saturated carbocycles. The third kappa shape index (κ3) is 3.92. The van der Waals surface area contributed by atoms with Gasteiger partial charge in [0.1, 0.15) is 6.61 Å². The van der Waals surface area contributed by atoms with E-state index in [2.05, 4.69) is 39.2 Å². The summed E-state index contributed by atoms with van der Waals surface area (Å²) in [5, 5.41) is 2.87. The molecular weight excluding hydrogens is 364 g/mol. The molecule has 3 amide bonds. The predicted octanol–water partition coefficient (Wildman–Crippen LogP) is 2.90. The monoisotopic (exact) mass is 398 g/mol. The number of nitrogens with zero attached hydrogens (tertiary/aromatic N) is 1. The highest BCUT2D eigenvalue weighted by atomic mass is 28.4. The number of carbonyl (C=O) groups is 3. The number of imide groups is 1. The van der Waals surface area contributed by atoms with Crippen molar-refractivity contribution in [3.63, 3.8) is 0 Å². The lowest BCUT2D eigenvalue weighted by Crippen LogP contribution is -2.68. The summed E-state index contributed by atoms with van der Waals surface area (Å²) in [4.78, 5) is 38.4. The molecule has 0 unspecified atom stereocenters. The highest BCUT2D eigenvalue weighted by Crippen LogP contribution is 2.40. The van der Waals surface area contributed by atoms with E-state index in [1.807, 2.05) is 6.92 Å². The Labute approximate surface area is 163 Å². The number of ether oxygens (including phenoxy) is 1. The van der Waals surface area contributed by atoms with Crippen molar-refractivity contribution < 1.29 is 23.5 Å². The van der Waals surface area contributed by atoms with Crippen LogP contribution in [0.3, 0.4) is 0 Å². The van der Waals surface area contributed by atoms with Gasteiger partial charge in [0.05, 0.1) is 29.5 Å². The number of rotatable bonds is 5. The second-order valence-corrected chi connectivity index (χ2v) is 14.7. The van der Waals surface area contributed by atoms with Crippen molar-refractivity contribution in [2.45, 2.75) is 84.3 Å². The zero-order chi connectivity index (χ0) is 20.9. The highest BCUT2D eigenvalue weighted by Gasteiger charge is 2.53. The van der Waals surface area contributed by atoms with Gasteiger partial charge >= 0.3 is 6.09 Å². The van der Waals surface area contributed by atoms with Crippen LogP contribution in [0.1, 0.15) is 48.5 Å². The first-order chi connectivity index (χ1) is 12.1. The first kappa shape index (κ1) is 21.9. The van der Waals surface area contributed by atoms with E-state index in [4.69, 9.17) is 9.16 Å². The van der Waals surface area contributed by atoms with E-state index in [9.17, 15) is 14.4 Å². The Bertz CT molecular complexity index is 641. The lowest BCUT2D eigenvalue weighted by molar-refractivity contribution is -0.147. The molecule has 0 aliphatic carbocycles. The fourth-order valence-electron chi connectivity index (χ4n) is 3.43. The van der Waals surface area contributed by atoms with Gasteiger partial charge in [0.25, 0.3) is 0 Å². The maximum atomic E-state index is 13.0. The largest absolute Gasteiger partial charge is 0.447 e. The van der Waals surface area contributed by atoms with Gasteiger partial charge < -0.3 is 14.5 Å². The molecule has 0 aromatic rings. The van der Waals surface area contributed by atoms with E-state index in [0.29, 0.717) is 0 Å². The molecule has 2 heterocycles. The molecule has 2 saturated heterocycles. The van der Waals surface area contributed by atoms with Crippen LogP contribution in [0.25, 0.3) is 0 Å². The average Bonchev–Trinajstić information content (AvgIpc) is 2.74. The normalized spacial score (nSPS) is 27.5. The van der Waals surface area contributed by atoms with Crippen molar-refractivity contribution in [2.75, 3.05) is 6.61 Å². The minimum absolute atomic E-state index is 0.0295. The summed E-state index contributed by atoms with van der Waals surface area (Å²) in [6.07, 6.45) is -0.914. The molecule has 0 bridgehead atoms. The number of hydrogen-bond donors (Lipinski definition) is 1. The van der Waals surface area contributed by atoms with Gasteiger partial charge in [-0.3, -0.25) is 9.59 Å². The third-order valence-electron chi connectivity index (χ3n) is 6.28. The minimum atomic E-state index is -2.04. The number of β-lactam (4-membered cyclic amide) rings is 1. The van der Waals surface area contributed by atoms with Crippen molar-refractivity contribution in [3.05, 3.63) is 0 Å². The zero-order valence-corrected chi connectivity index (χ0v) is 19.0. The van der Waals surface area contributed by atoms with E-state index < -0.39 is 31.8 Å². The summed E-state index contributed by atoms with van der Waals surface area (Å²) < 4.78 is 11.4. The Morgan fingerprint density at radius 1 is 1.30 bits per heavy atom. The van der Waals surface area contributed by atoms with Crippen LogP contribution in [0, 0.1) is 11.8 Å². The highest BCUT2D eigenvalue weighted by molar-refractivity contribution is 6.74. The van der Waals surface area contributed by atoms with Crippen molar-refractivity contribution in [1.82, 2.24) is 10.2 Å². The minimum Gasteiger partial charge on any atom is -0.447 e. The summed E-state index contributed by atoms with van der Waals surface area (Å²) in [5.74, 6) is -1.37. The summed E-state index contributed by atoms with van der Waals surface area (Å²) >= 11 is 0. The van der Waals surface area contributed by atoms with Crippen LogP contribution in [0.4, 0.5) is 4.79 Å². The summed E-state index contributed by atoms with van der Waals surface area (Å²) in [7, 11) is -2.04. The molecule has 0 radical (unpaired) electrons. The molecule has 2 fully saturated rings. The molecular formula is C19H34N2O5Si. The second kappa shape index (κ2) is 6.88.